The van der Waals surface area contributed by atoms with Gasteiger partial charge in [0.05, 0.1) is 6.42 Å². The molecule has 0 radical (unpaired) electrons. The fraction of sp³-hybridized carbons (Fsp3) is 0.474. The number of nitrogens with one attached hydrogen (secondary N) is 2. The summed E-state index contributed by atoms with van der Waals surface area (Å²) in [6, 6.07) is 5.49. The number of amides is 3. The molecule has 1 aliphatic rings. The van der Waals surface area contributed by atoms with Gasteiger partial charge in [0.15, 0.2) is 5.84 Å². The van der Waals surface area contributed by atoms with E-state index >= 15 is 0 Å². The van der Waals surface area contributed by atoms with Crippen molar-refractivity contribution in [1.82, 2.24) is 10.6 Å². The number of oxime groups is 1. The summed E-state index contributed by atoms with van der Waals surface area (Å²) in [5.74, 6) is -0.660. The third-order valence-electron chi connectivity index (χ3n) is 4.13. The Balaban J connectivity index is 1.82. The fourth-order valence-electron chi connectivity index (χ4n) is 2.82. The van der Waals surface area contributed by atoms with Crippen LogP contribution in [0, 0.1) is 0 Å². The maximum Gasteiger partial charge on any atom is 0.315 e. The number of esters is 1. The predicted octanol–water partition coefficient (Wildman–Crippen LogP) is 0.917. The number of nitrogens with two attached hydrogens (primary N) is 1. The number of urea groups is 1. The molecule has 0 spiro atoms. The molecule has 10 nitrogen and oxygen atoms in total. The highest BCUT2D eigenvalue weighted by molar-refractivity contribution is 6.02. The van der Waals surface area contributed by atoms with Crippen LogP contribution >= 0.6 is 0 Å². The van der Waals surface area contributed by atoms with E-state index in [-0.39, 0.29) is 24.7 Å². The van der Waals surface area contributed by atoms with Crippen LogP contribution in [0.15, 0.2) is 29.4 Å². The topological polar surface area (TPSA) is 146 Å². The third-order valence-corrected chi connectivity index (χ3v) is 4.13. The van der Waals surface area contributed by atoms with Gasteiger partial charge in [-0.05, 0) is 51.5 Å². The van der Waals surface area contributed by atoms with Gasteiger partial charge in [-0.25, -0.2) is 4.79 Å². The lowest BCUT2D eigenvalue weighted by Gasteiger charge is -2.19. The van der Waals surface area contributed by atoms with Crippen molar-refractivity contribution in [1.29, 1.82) is 0 Å². The molecule has 0 saturated carbocycles. The molecule has 1 aliphatic heterocycles. The Labute approximate surface area is 169 Å². The van der Waals surface area contributed by atoms with E-state index in [1.54, 1.807) is 49.9 Å². The molecule has 1 unspecified atom stereocenters. The van der Waals surface area contributed by atoms with E-state index < -0.39 is 23.6 Å². The second kappa shape index (κ2) is 9.26. The number of carbonyl (C=O) groups excluding carboxylic acids is 3. The summed E-state index contributed by atoms with van der Waals surface area (Å²) < 4.78 is 5.16. The summed E-state index contributed by atoms with van der Waals surface area (Å²) in [5.41, 5.74) is 6.13. The SMILES string of the molecule is CC(C)(C)OC(=O)CCNC(=O)NC1CCN(c2ccc(C(N)=NO)cc2)C1=O. The molecule has 1 saturated heterocycles. The van der Waals surface area contributed by atoms with Gasteiger partial charge in [0, 0.05) is 24.3 Å². The summed E-state index contributed by atoms with van der Waals surface area (Å²) in [6.07, 6.45) is 0.502. The molecule has 1 aromatic rings. The van der Waals surface area contributed by atoms with Gasteiger partial charge in [-0.2, -0.15) is 0 Å². The summed E-state index contributed by atoms with van der Waals surface area (Å²) in [4.78, 5) is 37.8. The standard InChI is InChI=1S/C19H27N5O5/c1-19(2,3)29-15(25)8-10-21-18(27)22-14-9-11-24(17(14)26)13-6-4-12(5-7-13)16(20)23-28/h4-7,14,28H,8-11H2,1-3H3,(H2,20,23)(H2,21,22,27). The van der Waals surface area contributed by atoms with Crippen LogP contribution in [0.2, 0.25) is 0 Å². The Kier molecular flexibility index (Phi) is 7.03. The van der Waals surface area contributed by atoms with Crippen molar-refractivity contribution in [3.63, 3.8) is 0 Å². The Hall–Kier alpha value is -3.30. The Bertz CT molecular complexity index is 785. The number of benzene rings is 1. The van der Waals surface area contributed by atoms with E-state index in [0.29, 0.717) is 24.2 Å². The number of carbonyl (C=O) groups is 3. The van der Waals surface area contributed by atoms with Gasteiger partial charge in [-0.1, -0.05) is 5.16 Å². The van der Waals surface area contributed by atoms with Crippen LogP contribution in [-0.2, 0) is 14.3 Å². The number of hydrogen-bond donors (Lipinski definition) is 4. The Morgan fingerprint density at radius 1 is 1.31 bits per heavy atom. The van der Waals surface area contributed by atoms with Crippen LogP contribution in [0.3, 0.4) is 0 Å². The van der Waals surface area contributed by atoms with Crippen LogP contribution in [-0.4, -0.2) is 53.7 Å². The molecule has 158 valence electrons. The van der Waals surface area contributed by atoms with Crippen LogP contribution < -0.4 is 21.3 Å². The molecule has 1 heterocycles. The molecule has 0 aromatic heterocycles. The number of anilines is 1. The molecular weight excluding hydrogens is 378 g/mol. The molecule has 1 atom stereocenters. The largest absolute Gasteiger partial charge is 0.460 e. The monoisotopic (exact) mass is 405 g/mol. The molecule has 0 aliphatic carbocycles. The van der Waals surface area contributed by atoms with Crippen molar-refractivity contribution in [2.75, 3.05) is 18.0 Å². The van der Waals surface area contributed by atoms with Gasteiger partial charge < -0.3 is 31.2 Å². The molecule has 29 heavy (non-hydrogen) atoms. The van der Waals surface area contributed by atoms with Crippen molar-refractivity contribution in [3.05, 3.63) is 29.8 Å². The highest BCUT2D eigenvalue weighted by Gasteiger charge is 2.33. The van der Waals surface area contributed by atoms with Gasteiger partial charge in [0.2, 0.25) is 5.91 Å². The quantitative estimate of drug-likeness (QED) is 0.182. The number of rotatable bonds is 6. The zero-order valence-corrected chi connectivity index (χ0v) is 16.8. The number of amidine groups is 1. The second-order valence-corrected chi connectivity index (χ2v) is 7.60. The fourth-order valence-corrected chi connectivity index (χ4v) is 2.82. The summed E-state index contributed by atoms with van der Waals surface area (Å²) in [5, 5.41) is 16.8. The van der Waals surface area contributed by atoms with E-state index in [2.05, 4.69) is 15.8 Å². The number of nitrogens with zero attached hydrogens (tertiary/aromatic N) is 2. The van der Waals surface area contributed by atoms with Gasteiger partial charge in [-0.15, -0.1) is 0 Å². The van der Waals surface area contributed by atoms with Gasteiger partial charge in [0.25, 0.3) is 0 Å². The van der Waals surface area contributed by atoms with E-state index in [1.807, 2.05) is 0 Å². The molecular formula is C19H27N5O5. The minimum atomic E-state index is -0.653. The van der Waals surface area contributed by atoms with Crippen LogP contribution in [0.4, 0.5) is 10.5 Å². The lowest BCUT2D eigenvalue weighted by molar-refractivity contribution is -0.154. The zero-order chi connectivity index (χ0) is 21.6. The molecule has 5 N–H and O–H groups in total. The highest BCUT2D eigenvalue weighted by atomic mass is 16.6. The van der Waals surface area contributed by atoms with Crippen molar-refractivity contribution < 1.29 is 24.3 Å². The molecule has 10 heteroatoms. The van der Waals surface area contributed by atoms with E-state index in [9.17, 15) is 14.4 Å². The molecule has 1 aromatic carbocycles. The van der Waals surface area contributed by atoms with E-state index in [4.69, 9.17) is 15.7 Å². The average Bonchev–Trinajstić information content (AvgIpc) is 3.00. The summed E-state index contributed by atoms with van der Waals surface area (Å²) in [7, 11) is 0. The zero-order valence-electron chi connectivity index (χ0n) is 16.8. The first kappa shape index (κ1) is 22.0. The smallest absolute Gasteiger partial charge is 0.315 e. The molecule has 0 bridgehead atoms. The first-order valence-corrected chi connectivity index (χ1v) is 9.26. The molecule has 3 amide bonds. The van der Waals surface area contributed by atoms with Gasteiger partial charge in [-0.3, -0.25) is 9.59 Å². The average molecular weight is 405 g/mol. The maximum atomic E-state index is 12.6. The highest BCUT2D eigenvalue weighted by Crippen LogP contribution is 2.22. The minimum Gasteiger partial charge on any atom is -0.460 e. The first-order valence-electron chi connectivity index (χ1n) is 9.26. The normalized spacial score (nSPS) is 17.2. The number of hydrogen-bond acceptors (Lipinski definition) is 6. The summed E-state index contributed by atoms with van der Waals surface area (Å²) >= 11 is 0. The predicted molar refractivity (Wildman–Crippen MR) is 107 cm³/mol. The van der Waals surface area contributed by atoms with Crippen molar-refractivity contribution in [2.24, 2.45) is 10.9 Å². The summed E-state index contributed by atoms with van der Waals surface area (Å²) in [6.45, 7) is 5.87. The van der Waals surface area contributed by atoms with Gasteiger partial charge >= 0.3 is 12.0 Å². The van der Waals surface area contributed by atoms with Crippen LogP contribution in [0.1, 0.15) is 39.2 Å². The molecule has 2 rings (SSSR count). The van der Waals surface area contributed by atoms with Crippen LogP contribution in [0.5, 0.6) is 0 Å². The van der Waals surface area contributed by atoms with Crippen molar-refractivity contribution >= 4 is 29.4 Å². The third kappa shape index (κ3) is 6.37. The lowest BCUT2D eigenvalue weighted by Crippen LogP contribution is -2.46. The Morgan fingerprint density at radius 2 is 1.97 bits per heavy atom. The van der Waals surface area contributed by atoms with Crippen molar-refractivity contribution in [3.8, 4) is 0 Å². The number of ether oxygens (including phenoxy) is 1. The minimum absolute atomic E-state index is 0.0214. The lowest BCUT2D eigenvalue weighted by atomic mass is 10.2. The Morgan fingerprint density at radius 3 is 2.55 bits per heavy atom. The van der Waals surface area contributed by atoms with Crippen molar-refractivity contribution in [2.45, 2.75) is 45.3 Å². The second-order valence-electron chi connectivity index (χ2n) is 7.60. The molecule has 1 fully saturated rings. The first-order chi connectivity index (χ1) is 13.6. The maximum absolute atomic E-state index is 12.6. The van der Waals surface area contributed by atoms with Gasteiger partial charge in [0.1, 0.15) is 11.6 Å². The van der Waals surface area contributed by atoms with E-state index in [0.717, 1.165) is 0 Å². The van der Waals surface area contributed by atoms with Crippen LogP contribution in [0.25, 0.3) is 0 Å². The van der Waals surface area contributed by atoms with E-state index in [1.165, 1.54) is 0 Å².